The fourth-order valence-electron chi connectivity index (χ4n) is 2.40. The summed E-state index contributed by atoms with van der Waals surface area (Å²) in [5, 5.41) is 20.8. The van der Waals surface area contributed by atoms with Crippen molar-refractivity contribution in [3.63, 3.8) is 0 Å². The minimum atomic E-state index is -0.517. The van der Waals surface area contributed by atoms with Crippen LogP contribution >= 0.6 is 0 Å². The topological polar surface area (TPSA) is 60.0 Å². The number of nitrogens with zero attached hydrogens (tertiary/aromatic N) is 2. The van der Waals surface area contributed by atoms with Crippen molar-refractivity contribution in [3.8, 4) is 5.75 Å². The number of para-hydroxylation sites is 1. The molecule has 6 heteroatoms. The molecule has 3 N–H and O–H groups in total. The van der Waals surface area contributed by atoms with Crippen LogP contribution in [0, 0.1) is 0 Å². The fourth-order valence-corrected chi connectivity index (χ4v) is 2.40. The van der Waals surface area contributed by atoms with Gasteiger partial charge in [0.15, 0.2) is 0 Å². The molecule has 1 aliphatic heterocycles. The van der Waals surface area contributed by atoms with E-state index in [9.17, 15) is 5.11 Å². The lowest BCUT2D eigenvalue weighted by Gasteiger charge is -2.24. The van der Waals surface area contributed by atoms with Crippen molar-refractivity contribution in [2.24, 2.45) is 0 Å². The molecule has 0 amide bonds. The Bertz CT molecular complexity index is 495. The summed E-state index contributed by atoms with van der Waals surface area (Å²) in [5.74, 6) is 0.781. The predicted octanol–water partition coefficient (Wildman–Crippen LogP) is 0.628. The summed E-state index contributed by atoms with van der Waals surface area (Å²) in [6.45, 7) is 4.59. The monoisotopic (exact) mass is 320 g/mol. The van der Waals surface area contributed by atoms with Crippen LogP contribution in [-0.2, 0) is 0 Å². The van der Waals surface area contributed by atoms with E-state index in [1.54, 1.807) is 0 Å². The number of hydrazine groups is 1. The largest absolute Gasteiger partial charge is 0.491 e. The van der Waals surface area contributed by atoms with Gasteiger partial charge in [-0.3, -0.25) is 0 Å². The second-order valence-corrected chi connectivity index (χ2v) is 5.82. The average molecular weight is 320 g/mol. The van der Waals surface area contributed by atoms with Gasteiger partial charge in [0.2, 0.25) is 0 Å². The van der Waals surface area contributed by atoms with Gasteiger partial charge in [-0.2, -0.15) is 0 Å². The zero-order chi connectivity index (χ0) is 16.7. The standard InChI is InChI=1S/C17H28N4O2/c1-14-17(12-20(2)21(14)3)19-10-9-18-11-15(22)13-23-16-7-5-4-6-8-16/h4-8,12,14-15,18-19,22H,9-11,13H2,1-3H3. The van der Waals surface area contributed by atoms with E-state index in [1.165, 1.54) is 5.70 Å². The SMILES string of the molecule is CC1C(NCCNCC(O)COc2ccccc2)=CN(C)N1C. The normalized spacial score (nSPS) is 19.6. The van der Waals surface area contributed by atoms with Crippen LogP contribution in [-0.4, -0.2) is 67.6 Å². The second kappa shape index (κ2) is 8.76. The van der Waals surface area contributed by atoms with Crippen molar-refractivity contribution in [2.75, 3.05) is 40.3 Å². The molecule has 0 radical (unpaired) electrons. The van der Waals surface area contributed by atoms with Gasteiger partial charge in [-0.05, 0) is 19.1 Å². The van der Waals surface area contributed by atoms with Crippen LogP contribution in [0.4, 0.5) is 0 Å². The third kappa shape index (κ3) is 5.42. The quantitative estimate of drug-likeness (QED) is 0.580. The maximum absolute atomic E-state index is 9.90. The Balaban J connectivity index is 1.54. The van der Waals surface area contributed by atoms with Gasteiger partial charge in [-0.25, -0.2) is 5.01 Å². The van der Waals surface area contributed by atoms with E-state index in [0.717, 1.165) is 18.8 Å². The third-order valence-electron chi connectivity index (χ3n) is 4.03. The van der Waals surface area contributed by atoms with Gasteiger partial charge in [-0.1, -0.05) is 18.2 Å². The van der Waals surface area contributed by atoms with Gasteiger partial charge in [0.1, 0.15) is 18.5 Å². The molecule has 0 aliphatic carbocycles. The summed E-state index contributed by atoms with van der Waals surface area (Å²) in [6, 6.07) is 9.90. The van der Waals surface area contributed by atoms with E-state index < -0.39 is 6.10 Å². The van der Waals surface area contributed by atoms with Crippen molar-refractivity contribution in [3.05, 3.63) is 42.2 Å². The van der Waals surface area contributed by atoms with Crippen LogP contribution < -0.4 is 15.4 Å². The average Bonchev–Trinajstić information content (AvgIpc) is 2.81. The van der Waals surface area contributed by atoms with Gasteiger partial charge in [0, 0.05) is 45.6 Å². The van der Waals surface area contributed by atoms with Crippen molar-refractivity contribution in [2.45, 2.75) is 19.1 Å². The number of hydrogen-bond acceptors (Lipinski definition) is 6. The molecule has 23 heavy (non-hydrogen) atoms. The summed E-state index contributed by atoms with van der Waals surface area (Å²) in [5.41, 5.74) is 1.21. The zero-order valence-corrected chi connectivity index (χ0v) is 14.2. The number of aliphatic hydroxyl groups is 1. The van der Waals surface area contributed by atoms with E-state index >= 15 is 0 Å². The molecule has 6 nitrogen and oxygen atoms in total. The Labute approximate surface area is 138 Å². The van der Waals surface area contributed by atoms with Gasteiger partial charge in [-0.15, -0.1) is 0 Å². The Morgan fingerprint density at radius 3 is 2.61 bits per heavy atom. The molecule has 1 aromatic rings. The van der Waals surface area contributed by atoms with Gasteiger partial charge in [0.25, 0.3) is 0 Å². The highest BCUT2D eigenvalue weighted by atomic mass is 16.5. The molecule has 0 bridgehead atoms. The highest BCUT2D eigenvalue weighted by Crippen LogP contribution is 2.16. The van der Waals surface area contributed by atoms with E-state index in [2.05, 4.69) is 40.8 Å². The molecule has 1 aromatic carbocycles. The third-order valence-corrected chi connectivity index (χ3v) is 4.03. The Hall–Kier alpha value is -1.76. The zero-order valence-electron chi connectivity index (χ0n) is 14.2. The number of rotatable bonds is 9. The highest BCUT2D eigenvalue weighted by molar-refractivity contribution is 5.20. The lowest BCUT2D eigenvalue weighted by molar-refractivity contribution is 0.0782. The van der Waals surface area contributed by atoms with Gasteiger partial charge < -0.3 is 25.5 Å². The minimum Gasteiger partial charge on any atom is -0.491 e. The van der Waals surface area contributed by atoms with Crippen LogP contribution in [0.25, 0.3) is 0 Å². The number of nitrogens with one attached hydrogen (secondary N) is 2. The molecule has 128 valence electrons. The Morgan fingerprint density at radius 1 is 1.22 bits per heavy atom. The summed E-state index contributed by atoms with van der Waals surface area (Å²) < 4.78 is 5.52. The summed E-state index contributed by atoms with van der Waals surface area (Å²) in [4.78, 5) is 0. The van der Waals surface area contributed by atoms with Crippen LogP contribution in [0.3, 0.4) is 0 Å². The molecule has 1 heterocycles. The number of ether oxygens (including phenoxy) is 1. The van der Waals surface area contributed by atoms with Crippen molar-refractivity contribution in [1.82, 2.24) is 20.7 Å². The molecule has 0 aromatic heterocycles. The number of benzene rings is 1. The van der Waals surface area contributed by atoms with Crippen LogP contribution in [0.15, 0.2) is 42.2 Å². The summed E-state index contributed by atoms with van der Waals surface area (Å²) >= 11 is 0. The number of likely N-dealkylation sites (N-methyl/N-ethyl adjacent to an activating group) is 1. The first-order valence-electron chi connectivity index (χ1n) is 8.05. The predicted molar refractivity (Wildman–Crippen MR) is 91.9 cm³/mol. The van der Waals surface area contributed by atoms with Crippen molar-refractivity contribution in [1.29, 1.82) is 0 Å². The second-order valence-electron chi connectivity index (χ2n) is 5.82. The van der Waals surface area contributed by atoms with E-state index in [-0.39, 0.29) is 0 Å². The maximum Gasteiger partial charge on any atom is 0.119 e. The summed E-state index contributed by atoms with van der Waals surface area (Å²) in [6.07, 6.45) is 1.59. The van der Waals surface area contributed by atoms with Crippen molar-refractivity contribution >= 4 is 0 Å². The van der Waals surface area contributed by atoms with Crippen LogP contribution in [0.1, 0.15) is 6.92 Å². The van der Waals surface area contributed by atoms with Crippen LogP contribution in [0.5, 0.6) is 5.75 Å². The number of hydrogen-bond donors (Lipinski definition) is 3. The molecule has 0 saturated heterocycles. The molecular formula is C17H28N4O2. The molecule has 1 aliphatic rings. The number of aliphatic hydroxyl groups excluding tert-OH is 1. The van der Waals surface area contributed by atoms with Crippen molar-refractivity contribution < 1.29 is 9.84 Å². The molecular weight excluding hydrogens is 292 g/mol. The molecule has 0 saturated carbocycles. The smallest absolute Gasteiger partial charge is 0.119 e. The lowest BCUT2D eigenvalue weighted by atomic mass is 10.2. The minimum absolute atomic E-state index is 0.294. The molecule has 2 rings (SSSR count). The Kier molecular flexibility index (Phi) is 6.70. The lowest BCUT2D eigenvalue weighted by Crippen LogP contribution is -2.38. The van der Waals surface area contributed by atoms with Gasteiger partial charge >= 0.3 is 0 Å². The molecule has 0 fully saturated rings. The van der Waals surface area contributed by atoms with E-state index in [4.69, 9.17) is 4.74 Å². The first-order valence-corrected chi connectivity index (χ1v) is 8.05. The molecule has 0 spiro atoms. The first-order chi connectivity index (χ1) is 11.1. The highest BCUT2D eigenvalue weighted by Gasteiger charge is 2.23. The summed E-state index contributed by atoms with van der Waals surface area (Å²) in [7, 11) is 4.10. The van der Waals surface area contributed by atoms with Gasteiger partial charge in [0.05, 0.1) is 6.04 Å². The first kappa shape index (κ1) is 17.6. The van der Waals surface area contributed by atoms with E-state index in [1.807, 2.05) is 37.4 Å². The van der Waals surface area contributed by atoms with Crippen LogP contribution in [0.2, 0.25) is 0 Å². The molecule has 2 unspecified atom stereocenters. The van der Waals surface area contributed by atoms with E-state index in [0.29, 0.717) is 19.2 Å². The fraction of sp³-hybridized carbons (Fsp3) is 0.529. The Morgan fingerprint density at radius 2 is 1.96 bits per heavy atom. The maximum atomic E-state index is 9.90. The molecule has 2 atom stereocenters.